The minimum absolute atomic E-state index is 0.300. The molecular weight excluding hydrogens is 184 g/mol. The van der Waals surface area contributed by atoms with Crippen LogP contribution in [-0.4, -0.2) is 5.78 Å². The van der Waals surface area contributed by atoms with Gasteiger partial charge in [0.15, 0.2) is 0 Å². The molecule has 0 radical (unpaired) electrons. The van der Waals surface area contributed by atoms with Crippen molar-refractivity contribution in [1.29, 1.82) is 0 Å². The molecule has 0 N–H and O–H groups in total. The van der Waals surface area contributed by atoms with E-state index in [0.717, 1.165) is 12.3 Å². The molecule has 15 heavy (non-hydrogen) atoms. The fourth-order valence-corrected chi connectivity index (χ4v) is 5.10. The SMILES string of the molecule is CC1(C)[C@@H]2C[C@@]3(CCCC[C@@H]13)CCC2=O. The van der Waals surface area contributed by atoms with E-state index < -0.39 is 0 Å². The van der Waals surface area contributed by atoms with Gasteiger partial charge in [0.05, 0.1) is 0 Å². The second-order valence-corrected chi connectivity index (χ2v) is 6.71. The van der Waals surface area contributed by atoms with E-state index in [1.807, 2.05) is 0 Å². The second-order valence-electron chi connectivity index (χ2n) is 6.71. The van der Waals surface area contributed by atoms with E-state index in [9.17, 15) is 4.79 Å². The van der Waals surface area contributed by atoms with E-state index in [0.29, 0.717) is 22.5 Å². The Hall–Kier alpha value is -0.330. The van der Waals surface area contributed by atoms with Crippen LogP contribution in [0, 0.1) is 22.7 Å². The summed E-state index contributed by atoms with van der Waals surface area (Å²) in [5.74, 6) is 1.81. The third-order valence-corrected chi connectivity index (χ3v) is 5.82. The van der Waals surface area contributed by atoms with Crippen LogP contribution in [0.15, 0.2) is 0 Å². The van der Waals surface area contributed by atoms with Crippen LogP contribution < -0.4 is 0 Å². The maximum Gasteiger partial charge on any atom is 0.136 e. The van der Waals surface area contributed by atoms with Crippen LogP contribution in [0.3, 0.4) is 0 Å². The molecule has 3 rings (SSSR count). The molecule has 84 valence electrons. The summed E-state index contributed by atoms with van der Waals surface area (Å²) >= 11 is 0. The molecule has 3 atom stereocenters. The summed E-state index contributed by atoms with van der Waals surface area (Å²) in [7, 11) is 0. The van der Waals surface area contributed by atoms with Crippen LogP contribution in [0.4, 0.5) is 0 Å². The highest BCUT2D eigenvalue weighted by atomic mass is 16.1. The summed E-state index contributed by atoms with van der Waals surface area (Å²) in [6.45, 7) is 4.72. The Balaban J connectivity index is 2.03. The van der Waals surface area contributed by atoms with Crippen LogP contribution in [0.1, 0.15) is 58.8 Å². The molecule has 0 saturated heterocycles. The minimum atomic E-state index is 0.300. The zero-order chi connectivity index (χ0) is 10.7. The van der Waals surface area contributed by atoms with Crippen LogP contribution in [0.2, 0.25) is 0 Å². The molecule has 3 fully saturated rings. The number of carbonyl (C=O) groups is 1. The largest absolute Gasteiger partial charge is 0.299 e. The van der Waals surface area contributed by atoms with Crippen molar-refractivity contribution < 1.29 is 4.79 Å². The van der Waals surface area contributed by atoms with Crippen LogP contribution in [0.25, 0.3) is 0 Å². The molecule has 0 heterocycles. The molecule has 1 nitrogen and oxygen atoms in total. The molecule has 0 aromatic heterocycles. The monoisotopic (exact) mass is 206 g/mol. The topological polar surface area (TPSA) is 17.1 Å². The van der Waals surface area contributed by atoms with Gasteiger partial charge in [0.2, 0.25) is 0 Å². The highest BCUT2D eigenvalue weighted by Gasteiger charge is 2.61. The molecule has 0 unspecified atom stereocenters. The molecule has 0 amide bonds. The quantitative estimate of drug-likeness (QED) is 0.592. The minimum Gasteiger partial charge on any atom is -0.299 e. The fourth-order valence-electron chi connectivity index (χ4n) is 5.10. The number of ketones is 1. The molecular formula is C14H22O. The first-order valence-electron chi connectivity index (χ1n) is 6.59. The predicted octanol–water partition coefficient (Wildman–Crippen LogP) is 3.57. The lowest BCUT2D eigenvalue weighted by Crippen LogP contribution is -2.34. The van der Waals surface area contributed by atoms with E-state index in [1.165, 1.54) is 38.5 Å². The second kappa shape index (κ2) is 2.87. The zero-order valence-electron chi connectivity index (χ0n) is 10.0. The first-order valence-corrected chi connectivity index (χ1v) is 6.59. The number of carbonyl (C=O) groups excluding carboxylic acids is 1. The number of hydrogen-bond donors (Lipinski definition) is 0. The van der Waals surface area contributed by atoms with E-state index in [4.69, 9.17) is 0 Å². The van der Waals surface area contributed by atoms with Gasteiger partial charge < -0.3 is 0 Å². The van der Waals surface area contributed by atoms with E-state index >= 15 is 0 Å². The third-order valence-electron chi connectivity index (χ3n) is 5.82. The van der Waals surface area contributed by atoms with E-state index in [2.05, 4.69) is 13.8 Å². The number of rotatable bonds is 0. The Bertz CT molecular complexity index is 304. The lowest BCUT2D eigenvalue weighted by atomic mass is 9.61. The molecule has 2 bridgehead atoms. The van der Waals surface area contributed by atoms with Gasteiger partial charge >= 0.3 is 0 Å². The summed E-state index contributed by atoms with van der Waals surface area (Å²) < 4.78 is 0. The van der Waals surface area contributed by atoms with Crippen molar-refractivity contribution in [3.05, 3.63) is 0 Å². The van der Waals surface area contributed by atoms with Gasteiger partial charge in [0, 0.05) is 12.3 Å². The smallest absolute Gasteiger partial charge is 0.136 e. The summed E-state index contributed by atoms with van der Waals surface area (Å²) in [6, 6.07) is 0. The summed E-state index contributed by atoms with van der Waals surface area (Å²) in [5, 5.41) is 0. The van der Waals surface area contributed by atoms with Gasteiger partial charge in [-0.15, -0.1) is 0 Å². The molecule has 0 aromatic carbocycles. The van der Waals surface area contributed by atoms with E-state index in [1.54, 1.807) is 0 Å². The first-order chi connectivity index (χ1) is 7.06. The van der Waals surface area contributed by atoms with Gasteiger partial charge in [-0.3, -0.25) is 4.79 Å². The summed E-state index contributed by atoms with van der Waals surface area (Å²) in [6.07, 6.45) is 8.91. The van der Waals surface area contributed by atoms with Crippen LogP contribution >= 0.6 is 0 Å². The molecule has 0 aromatic rings. The van der Waals surface area contributed by atoms with E-state index in [-0.39, 0.29) is 0 Å². The lowest BCUT2D eigenvalue weighted by molar-refractivity contribution is -0.127. The molecule has 1 heteroatoms. The van der Waals surface area contributed by atoms with Crippen molar-refractivity contribution in [3.8, 4) is 0 Å². The van der Waals surface area contributed by atoms with Crippen LogP contribution in [0.5, 0.6) is 0 Å². The Morgan fingerprint density at radius 2 is 2.00 bits per heavy atom. The average molecular weight is 206 g/mol. The lowest BCUT2D eigenvalue weighted by Gasteiger charge is -2.43. The van der Waals surface area contributed by atoms with Gasteiger partial charge in [0.25, 0.3) is 0 Å². The van der Waals surface area contributed by atoms with Gasteiger partial charge in [-0.25, -0.2) is 0 Å². The van der Waals surface area contributed by atoms with Crippen molar-refractivity contribution in [2.45, 2.75) is 58.8 Å². The Kier molecular flexibility index (Phi) is 1.88. The number of fused-ring (bicyclic) bond motifs is 1. The Morgan fingerprint density at radius 1 is 1.20 bits per heavy atom. The maximum absolute atomic E-state index is 12.0. The molecule has 1 spiro atoms. The van der Waals surface area contributed by atoms with Gasteiger partial charge in [-0.05, 0) is 42.4 Å². The average Bonchev–Trinajstić information content (AvgIpc) is 2.41. The summed E-state index contributed by atoms with van der Waals surface area (Å²) in [4.78, 5) is 12.0. The maximum atomic E-state index is 12.0. The van der Waals surface area contributed by atoms with Gasteiger partial charge in [-0.2, -0.15) is 0 Å². The number of hydrogen-bond acceptors (Lipinski definition) is 1. The van der Waals surface area contributed by atoms with Gasteiger partial charge in [0.1, 0.15) is 5.78 Å². The van der Waals surface area contributed by atoms with Crippen molar-refractivity contribution in [2.75, 3.05) is 0 Å². The normalized spacial score (nSPS) is 47.7. The molecule has 3 saturated carbocycles. The Labute approximate surface area is 92.6 Å². The highest BCUT2D eigenvalue weighted by molar-refractivity contribution is 5.83. The van der Waals surface area contributed by atoms with Crippen molar-refractivity contribution >= 4 is 5.78 Å². The third kappa shape index (κ3) is 1.13. The molecule has 3 aliphatic rings. The number of Topliss-reactive ketones (excluding diaryl/α,β-unsaturated/α-hetero) is 1. The Morgan fingerprint density at radius 3 is 2.80 bits per heavy atom. The highest BCUT2D eigenvalue weighted by Crippen LogP contribution is 2.67. The standard InChI is InChI=1S/C14H22O/c1-13(2)10-9-14(8-6-11(10)15)7-4-3-5-12(13)14/h10,12H,3-9H2,1-2H3/t10-,12+,14-/m1/s1. The molecule has 3 aliphatic carbocycles. The van der Waals surface area contributed by atoms with Crippen LogP contribution in [-0.2, 0) is 4.79 Å². The fraction of sp³-hybridized carbons (Fsp3) is 0.929. The van der Waals surface area contributed by atoms with Gasteiger partial charge in [-0.1, -0.05) is 26.7 Å². The van der Waals surface area contributed by atoms with Crippen molar-refractivity contribution in [3.63, 3.8) is 0 Å². The predicted molar refractivity (Wildman–Crippen MR) is 60.5 cm³/mol. The van der Waals surface area contributed by atoms with Crippen molar-refractivity contribution in [1.82, 2.24) is 0 Å². The zero-order valence-corrected chi connectivity index (χ0v) is 10.0. The van der Waals surface area contributed by atoms with Crippen molar-refractivity contribution in [2.24, 2.45) is 22.7 Å². The molecule has 0 aliphatic heterocycles. The first kappa shape index (κ1) is 9.86. The summed E-state index contributed by atoms with van der Waals surface area (Å²) in [5.41, 5.74) is 0.883.